The minimum absolute atomic E-state index is 0.159. The van der Waals surface area contributed by atoms with E-state index in [0.29, 0.717) is 6.42 Å². The van der Waals surface area contributed by atoms with Crippen molar-refractivity contribution in [2.24, 2.45) is 0 Å². The second kappa shape index (κ2) is 7.36. The molecule has 0 bridgehead atoms. The number of hydrogen-bond donors (Lipinski definition) is 2. The van der Waals surface area contributed by atoms with Gasteiger partial charge in [-0.3, -0.25) is 4.79 Å². The van der Waals surface area contributed by atoms with Crippen LogP contribution >= 0.6 is 0 Å². The highest BCUT2D eigenvalue weighted by molar-refractivity contribution is 5.96. The Labute approximate surface area is 127 Å². The maximum Gasteiger partial charge on any atom is 0.326 e. The molecule has 0 radical (unpaired) electrons. The van der Waals surface area contributed by atoms with Crippen LogP contribution in [-0.2, 0) is 11.2 Å². The van der Waals surface area contributed by atoms with Gasteiger partial charge in [-0.2, -0.15) is 0 Å². The molecule has 0 heterocycles. The lowest BCUT2D eigenvalue weighted by molar-refractivity contribution is -0.139. The highest BCUT2D eigenvalue weighted by atomic mass is 19.1. The van der Waals surface area contributed by atoms with Gasteiger partial charge in [-0.15, -0.1) is 0 Å². The van der Waals surface area contributed by atoms with Crippen molar-refractivity contribution < 1.29 is 19.1 Å². The van der Waals surface area contributed by atoms with Crippen molar-refractivity contribution in [3.8, 4) is 0 Å². The smallest absolute Gasteiger partial charge is 0.326 e. The lowest BCUT2D eigenvalue weighted by Crippen LogP contribution is -2.41. The van der Waals surface area contributed by atoms with E-state index in [9.17, 15) is 19.1 Å². The molecular formula is C17H16FNO3. The minimum Gasteiger partial charge on any atom is -0.480 e. The van der Waals surface area contributed by atoms with Gasteiger partial charge < -0.3 is 10.4 Å². The van der Waals surface area contributed by atoms with E-state index in [4.69, 9.17) is 0 Å². The normalized spacial score (nSPS) is 11.7. The fourth-order valence-corrected chi connectivity index (χ4v) is 2.09. The Bertz CT molecular complexity index is 658. The molecule has 0 aliphatic carbocycles. The van der Waals surface area contributed by atoms with Gasteiger partial charge in [0, 0.05) is 0 Å². The summed E-state index contributed by atoms with van der Waals surface area (Å²) in [5.74, 6) is -2.54. The van der Waals surface area contributed by atoms with Crippen molar-refractivity contribution in [2.45, 2.75) is 18.9 Å². The Morgan fingerprint density at radius 2 is 1.68 bits per heavy atom. The Morgan fingerprint density at radius 1 is 1.05 bits per heavy atom. The van der Waals surface area contributed by atoms with Crippen molar-refractivity contribution in [3.05, 3.63) is 71.5 Å². The first-order valence-electron chi connectivity index (χ1n) is 6.90. The van der Waals surface area contributed by atoms with Gasteiger partial charge in [-0.25, -0.2) is 9.18 Å². The van der Waals surface area contributed by atoms with Crippen LogP contribution in [0.3, 0.4) is 0 Å². The fraction of sp³-hybridized carbons (Fsp3) is 0.176. The standard InChI is InChI=1S/C17H16FNO3/c18-14-9-5-4-8-13(14)16(20)19-15(17(21)22)11-10-12-6-2-1-3-7-12/h1-9,15H,10-11H2,(H,19,20)(H,21,22)/t15-/m0/s1. The van der Waals surface area contributed by atoms with Gasteiger partial charge in [0.15, 0.2) is 0 Å². The van der Waals surface area contributed by atoms with Crippen molar-refractivity contribution in [1.29, 1.82) is 0 Å². The third kappa shape index (κ3) is 4.15. The minimum atomic E-state index is -1.14. The molecule has 1 amide bonds. The molecule has 0 aliphatic rings. The number of aliphatic carboxylic acids is 1. The first-order valence-corrected chi connectivity index (χ1v) is 6.90. The molecule has 22 heavy (non-hydrogen) atoms. The molecule has 2 aromatic rings. The van der Waals surface area contributed by atoms with E-state index in [0.717, 1.165) is 11.6 Å². The summed E-state index contributed by atoms with van der Waals surface area (Å²) < 4.78 is 13.5. The second-order valence-corrected chi connectivity index (χ2v) is 4.87. The third-order valence-corrected chi connectivity index (χ3v) is 3.29. The largest absolute Gasteiger partial charge is 0.480 e. The average Bonchev–Trinajstić information content (AvgIpc) is 2.52. The van der Waals surface area contributed by atoms with E-state index in [1.165, 1.54) is 18.2 Å². The zero-order valence-electron chi connectivity index (χ0n) is 11.8. The topological polar surface area (TPSA) is 66.4 Å². The van der Waals surface area contributed by atoms with Crippen LogP contribution in [0.5, 0.6) is 0 Å². The molecule has 0 fully saturated rings. The predicted molar refractivity (Wildman–Crippen MR) is 80.1 cm³/mol. The highest BCUT2D eigenvalue weighted by Gasteiger charge is 2.21. The molecule has 5 heteroatoms. The monoisotopic (exact) mass is 301 g/mol. The fourth-order valence-electron chi connectivity index (χ4n) is 2.09. The van der Waals surface area contributed by atoms with E-state index in [-0.39, 0.29) is 12.0 Å². The molecule has 2 N–H and O–H groups in total. The Hall–Kier alpha value is -2.69. The van der Waals surface area contributed by atoms with Gasteiger partial charge >= 0.3 is 5.97 Å². The van der Waals surface area contributed by atoms with Crippen molar-refractivity contribution >= 4 is 11.9 Å². The molecule has 0 saturated heterocycles. The number of rotatable bonds is 6. The second-order valence-electron chi connectivity index (χ2n) is 4.87. The summed E-state index contributed by atoms with van der Waals surface area (Å²) in [5, 5.41) is 11.6. The summed E-state index contributed by atoms with van der Waals surface area (Å²) in [6.07, 6.45) is 0.745. The van der Waals surface area contributed by atoms with Gasteiger partial charge in [0.25, 0.3) is 5.91 Å². The number of carboxylic acid groups (broad SMARTS) is 1. The van der Waals surface area contributed by atoms with Crippen LogP contribution in [0, 0.1) is 5.82 Å². The van der Waals surface area contributed by atoms with E-state index < -0.39 is 23.7 Å². The van der Waals surface area contributed by atoms with Gasteiger partial charge in [0.05, 0.1) is 5.56 Å². The number of nitrogens with one attached hydrogen (secondary N) is 1. The van der Waals surface area contributed by atoms with Crippen molar-refractivity contribution in [1.82, 2.24) is 5.32 Å². The number of hydrogen-bond acceptors (Lipinski definition) is 2. The van der Waals surface area contributed by atoms with Crippen LogP contribution in [0.4, 0.5) is 4.39 Å². The summed E-state index contributed by atoms with van der Waals surface area (Å²) in [4.78, 5) is 23.2. The van der Waals surface area contributed by atoms with E-state index >= 15 is 0 Å². The number of carbonyl (C=O) groups excluding carboxylic acids is 1. The van der Waals surface area contributed by atoms with Crippen LogP contribution in [0.2, 0.25) is 0 Å². The molecular weight excluding hydrogens is 285 g/mol. The highest BCUT2D eigenvalue weighted by Crippen LogP contribution is 2.09. The Morgan fingerprint density at radius 3 is 2.32 bits per heavy atom. The average molecular weight is 301 g/mol. The van der Waals surface area contributed by atoms with Crippen molar-refractivity contribution in [3.63, 3.8) is 0 Å². The summed E-state index contributed by atoms with van der Waals surface area (Å²) in [6, 6.07) is 13.8. The van der Waals surface area contributed by atoms with Crippen LogP contribution in [0.15, 0.2) is 54.6 Å². The van der Waals surface area contributed by atoms with Gasteiger partial charge in [0.2, 0.25) is 0 Å². The summed E-state index contributed by atoms with van der Waals surface area (Å²) in [6.45, 7) is 0. The lowest BCUT2D eigenvalue weighted by Gasteiger charge is -2.15. The number of benzene rings is 2. The number of amides is 1. The van der Waals surface area contributed by atoms with Gasteiger partial charge in [0.1, 0.15) is 11.9 Å². The van der Waals surface area contributed by atoms with Crippen LogP contribution in [-0.4, -0.2) is 23.0 Å². The quantitative estimate of drug-likeness (QED) is 0.862. The first kappa shape index (κ1) is 15.7. The van der Waals surface area contributed by atoms with Crippen LogP contribution < -0.4 is 5.32 Å². The van der Waals surface area contributed by atoms with Crippen molar-refractivity contribution in [2.75, 3.05) is 0 Å². The van der Waals surface area contributed by atoms with Crippen LogP contribution in [0.1, 0.15) is 22.3 Å². The summed E-state index contributed by atoms with van der Waals surface area (Å²) in [7, 11) is 0. The zero-order chi connectivity index (χ0) is 15.9. The number of aryl methyl sites for hydroxylation is 1. The van der Waals surface area contributed by atoms with E-state index in [1.54, 1.807) is 0 Å². The first-order chi connectivity index (χ1) is 10.6. The molecule has 0 aromatic heterocycles. The molecule has 2 rings (SSSR count). The summed E-state index contributed by atoms with van der Waals surface area (Å²) in [5.41, 5.74) is 0.822. The molecule has 2 aromatic carbocycles. The van der Waals surface area contributed by atoms with Gasteiger partial charge in [-0.1, -0.05) is 42.5 Å². The molecule has 4 nitrogen and oxygen atoms in total. The third-order valence-electron chi connectivity index (χ3n) is 3.29. The number of carboxylic acids is 1. The van der Waals surface area contributed by atoms with E-state index in [1.807, 2.05) is 30.3 Å². The Kier molecular flexibility index (Phi) is 5.25. The Balaban J connectivity index is 2.01. The zero-order valence-corrected chi connectivity index (χ0v) is 11.8. The maximum absolute atomic E-state index is 13.5. The molecule has 0 saturated carbocycles. The molecule has 114 valence electrons. The SMILES string of the molecule is O=C(N[C@@H](CCc1ccccc1)C(=O)O)c1ccccc1F. The molecule has 1 atom stereocenters. The molecule has 0 unspecified atom stereocenters. The number of halogens is 1. The molecule has 0 spiro atoms. The lowest BCUT2D eigenvalue weighted by atomic mass is 10.0. The van der Waals surface area contributed by atoms with Gasteiger partial charge in [-0.05, 0) is 30.5 Å². The molecule has 0 aliphatic heterocycles. The maximum atomic E-state index is 13.5. The van der Waals surface area contributed by atoms with Crippen LogP contribution in [0.25, 0.3) is 0 Å². The van der Waals surface area contributed by atoms with E-state index in [2.05, 4.69) is 5.32 Å². The number of carbonyl (C=O) groups is 2. The summed E-state index contributed by atoms with van der Waals surface area (Å²) >= 11 is 0. The predicted octanol–water partition coefficient (Wildman–Crippen LogP) is 2.64.